The lowest BCUT2D eigenvalue weighted by Gasteiger charge is -1.96. The van der Waals surface area contributed by atoms with Crippen LogP contribution in [0.25, 0.3) is 0 Å². The maximum Gasteiger partial charge on any atom is 0.184 e. The van der Waals surface area contributed by atoms with Crippen LogP contribution in [0.2, 0.25) is 0 Å². The van der Waals surface area contributed by atoms with Crippen molar-refractivity contribution in [2.45, 2.75) is 0 Å². The van der Waals surface area contributed by atoms with Gasteiger partial charge in [-0.1, -0.05) is 6.07 Å². The molecule has 0 amide bonds. The molecular formula is C9H7FN4S. The SMILES string of the molecule is N#Cc1cc(C=NNC(N)=S)ccc1F. The second kappa shape index (κ2) is 5.02. The number of nitrogens with zero attached hydrogens (tertiary/aromatic N) is 2. The van der Waals surface area contributed by atoms with E-state index >= 15 is 0 Å². The summed E-state index contributed by atoms with van der Waals surface area (Å²) >= 11 is 4.52. The second-order valence-corrected chi connectivity index (χ2v) is 3.03. The first-order valence-electron chi connectivity index (χ1n) is 3.91. The van der Waals surface area contributed by atoms with Crippen molar-refractivity contribution in [3.8, 4) is 6.07 Å². The number of hydrogen-bond acceptors (Lipinski definition) is 3. The third-order valence-corrected chi connectivity index (χ3v) is 1.59. The van der Waals surface area contributed by atoms with E-state index in [1.807, 2.05) is 0 Å². The van der Waals surface area contributed by atoms with Gasteiger partial charge in [-0.3, -0.25) is 5.43 Å². The minimum atomic E-state index is -0.558. The van der Waals surface area contributed by atoms with Gasteiger partial charge in [-0.15, -0.1) is 0 Å². The summed E-state index contributed by atoms with van der Waals surface area (Å²) in [6.45, 7) is 0. The minimum absolute atomic E-state index is 0.0331. The Morgan fingerprint density at radius 1 is 1.67 bits per heavy atom. The number of hydrazone groups is 1. The van der Waals surface area contributed by atoms with Gasteiger partial charge in [0.2, 0.25) is 0 Å². The zero-order valence-corrected chi connectivity index (χ0v) is 8.38. The Kier molecular flexibility index (Phi) is 3.71. The Labute approximate surface area is 91.2 Å². The minimum Gasteiger partial charge on any atom is -0.375 e. The van der Waals surface area contributed by atoms with Crippen LogP contribution >= 0.6 is 12.2 Å². The third-order valence-electron chi connectivity index (χ3n) is 1.50. The summed E-state index contributed by atoms with van der Waals surface area (Å²) in [5, 5.41) is 12.3. The van der Waals surface area contributed by atoms with Gasteiger partial charge in [0.1, 0.15) is 11.9 Å². The predicted molar refractivity (Wildman–Crippen MR) is 58.6 cm³/mol. The van der Waals surface area contributed by atoms with Crippen LogP contribution in [-0.2, 0) is 0 Å². The molecule has 0 radical (unpaired) electrons. The van der Waals surface area contributed by atoms with Gasteiger partial charge in [0.25, 0.3) is 0 Å². The van der Waals surface area contributed by atoms with E-state index in [0.29, 0.717) is 5.56 Å². The van der Waals surface area contributed by atoms with Crippen LogP contribution < -0.4 is 11.2 Å². The van der Waals surface area contributed by atoms with E-state index in [2.05, 4.69) is 22.7 Å². The predicted octanol–water partition coefficient (Wildman–Crippen LogP) is 0.864. The number of nitriles is 1. The van der Waals surface area contributed by atoms with Gasteiger partial charge in [0, 0.05) is 0 Å². The number of thiocarbonyl (C=S) groups is 1. The molecule has 1 aromatic rings. The van der Waals surface area contributed by atoms with E-state index in [0.717, 1.165) is 0 Å². The smallest absolute Gasteiger partial charge is 0.184 e. The molecule has 76 valence electrons. The summed E-state index contributed by atoms with van der Waals surface area (Å²) in [6, 6.07) is 5.78. The van der Waals surface area contributed by atoms with Crippen LogP contribution in [0.4, 0.5) is 4.39 Å². The van der Waals surface area contributed by atoms with E-state index in [4.69, 9.17) is 11.0 Å². The first-order valence-corrected chi connectivity index (χ1v) is 4.32. The molecule has 0 aliphatic rings. The molecule has 4 nitrogen and oxygen atoms in total. The number of nitrogens with one attached hydrogen (secondary N) is 1. The van der Waals surface area contributed by atoms with Crippen molar-refractivity contribution in [1.82, 2.24) is 5.43 Å². The Morgan fingerprint density at radius 2 is 2.40 bits per heavy atom. The van der Waals surface area contributed by atoms with E-state index in [1.165, 1.54) is 24.4 Å². The lowest BCUT2D eigenvalue weighted by atomic mass is 10.1. The first kappa shape index (κ1) is 11.1. The van der Waals surface area contributed by atoms with E-state index in [1.54, 1.807) is 6.07 Å². The zero-order chi connectivity index (χ0) is 11.3. The summed E-state index contributed by atoms with van der Waals surface area (Å²) in [7, 11) is 0. The van der Waals surface area contributed by atoms with Gasteiger partial charge in [-0.25, -0.2) is 4.39 Å². The molecule has 0 unspecified atom stereocenters. The molecule has 0 saturated heterocycles. The molecule has 1 rings (SSSR count). The van der Waals surface area contributed by atoms with Crippen molar-refractivity contribution in [1.29, 1.82) is 5.26 Å². The molecule has 0 aliphatic heterocycles. The fourth-order valence-corrected chi connectivity index (χ4v) is 0.932. The number of halogens is 1. The zero-order valence-electron chi connectivity index (χ0n) is 7.57. The molecule has 0 aromatic heterocycles. The topological polar surface area (TPSA) is 74.2 Å². The van der Waals surface area contributed by atoms with Crippen molar-refractivity contribution in [2.24, 2.45) is 10.8 Å². The van der Waals surface area contributed by atoms with Crippen molar-refractivity contribution < 1.29 is 4.39 Å². The molecule has 0 saturated carbocycles. The van der Waals surface area contributed by atoms with E-state index < -0.39 is 5.82 Å². The summed E-state index contributed by atoms with van der Waals surface area (Å²) in [4.78, 5) is 0. The van der Waals surface area contributed by atoms with E-state index in [-0.39, 0.29) is 10.7 Å². The third kappa shape index (κ3) is 3.32. The van der Waals surface area contributed by atoms with Crippen LogP contribution in [0.15, 0.2) is 23.3 Å². The summed E-state index contributed by atoms with van der Waals surface area (Å²) < 4.78 is 12.9. The highest BCUT2D eigenvalue weighted by atomic mass is 32.1. The van der Waals surface area contributed by atoms with Gasteiger partial charge < -0.3 is 5.73 Å². The molecule has 0 spiro atoms. The van der Waals surface area contributed by atoms with Crippen LogP contribution in [0.1, 0.15) is 11.1 Å². The van der Waals surface area contributed by atoms with E-state index in [9.17, 15) is 4.39 Å². The first-order chi connectivity index (χ1) is 7.13. The molecule has 0 atom stereocenters. The Bertz CT molecular complexity index is 450. The quantitative estimate of drug-likeness (QED) is 0.442. The van der Waals surface area contributed by atoms with Gasteiger partial charge in [0.15, 0.2) is 5.11 Å². The van der Waals surface area contributed by atoms with Crippen LogP contribution in [0, 0.1) is 17.1 Å². The largest absolute Gasteiger partial charge is 0.375 e. The molecule has 0 heterocycles. The highest BCUT2D eigenvalue weighted by Gasteiger charge is 2.00. The summed E-state index contributed by atoms with van der Waals surface area (Å²) in [5.41, 5.74) is 8.03. The van der Waals surface area contributed by atoms with Gasteiger partial charge in [0.05, 0.1) is 11.8 Å². The Balaban J connectivity index is 2.84. The number of nitrogens with two attached hydrogens (primary N) is 1. The average molecular weight is 222 g/mol. The van der Waals surface area contributed by atoms with Crippen molar-refractivity contribution in [2.75, 3.05) is 0 Å². The van der Waals surface area contributed by atoms with Crippen LogP contribution in [-0.4, -0.2) is 11.3 Å². The standard InChI is InChI=1S/C9H7FN4S/c10-8-2-1-6(3-7(8)4-11)5-13-14-9(12)15/h1-3,5H,(H3,12,14,15). The maximum absolute atomic E-state index is 12.9. The fraction of sp³-hybridized carbons (Fsp3) is 0. The van der Waals surface area contributed by atoms with Crippen molar-refractivity contribution >= 4 is 23.5 Å². The number of rotatable bonds is 2. The van der Waals surface area contributed by atoms with Gasteiger partial charge in [-0.2, -0.15) is 10.4 Å². The highest BCUT2D eigenvalue weighted by molar-refractivity contribution is 7.80. The molecule has 15 heavy (non-hydrogen) atoms. The van der Waals surface area contributed by atoms with Crippen molar-refractivity contribution in [3.05, 3.63) is 35.1 Å². The normalized spacial score (nSPS) is 9.87. The fourth-order valence-electron chi connectivity index (χ4n) is 0.879. The Morgan fingerprint density at radius 3 is 3.00 bits per heavy atom. The highest BCUT2D eigenvalue weighted by Crippen LogP contribution is 2.07. The molecule has 0 fully saturated rings. The number of benzene rings is 1. The van der Waals surface area contributed by atoms with Gasteiger partial charge in [-0.05, 0) is 29.9 Å². The summed E-state index contributed by atoms with van der Waals surface area (Å²) in [5.74, 6) is -0.558. The molecule has 0 bridgehead atoms. The molecule has 0 aliphatic carbocycles. The lowest BCUT2D eigenvalue weighted by Crippen LogP contribution is -2.23. The Hall–Kier alpha value is -2.00. The van der Waals surface area contributed by atoms with Crippen molar-refractivity contribution in [3.63, 3.8) is 0 Å². The molecular weight excluding hydrogens is 215 g/mol. The molecule has 1 aromatic carbocycles. The molecule has 6 heteroatoms. The maximum atomic E-state index is 12.9. The van der Waals surface area contributed by atoms with Crippen LogP contribution in [0.5, 0.6) is 0 Å². The monoisotopic (exact) mass is 222 g/mol. The lowest BCUT2D eigenvalue weighted by molar-refractivity contribution is 0.624. The van der Waals surface area contributed by atoms with Gasteiger partial charge >= 0.3 is 0 Å². The van der Waals surface area contributed by atoms with Crippen LogP contribution in [0.3, 0.4) is 0 Å². The average Bonchev–Trinajstić information content (AvgIpc) is 2.20. The number of hydrogen-bond donors (Lipinski definition) is 2. The summed E-state index contributed by atoms with van der Waals surface area (Å²) in [6.07, 6.45) is 1.39. The molecule has 3 N–H and O–H groups in total. The second-order valence-electron chi connectivity index (χ2n) is 2.59.